The number of carbonyl (C=O) groups is 4. The van der Waals surface area contributed by atoms with Crippen molar-refractivity contribution in [3.05, 3.63) is 177 Å². The van der Waals surface area contributed by atoms with E-state index in [0.29, 0.717) is 110 Å². The van der Waals surface area contributed by atoms with E-state index in [1.807, 2.05) is 182 Å². The number of nitrogens with zero attached hydrogens (tertiary/aromatic N) is 5. The molecule has 0 bridgehead atoms. The van der Waals surface area contributed by atoms with Gasteiger partial charge in [0.05, 0.1) is 6.21 Å². The lowest BCUT2D eigenvalue weighted by atomic mass is 9.92. The van der Waals surface area contributed by atoms with Crippen LogP contribution in [0, 0.1) is 5.92 Å². The molecule has 24 nitrogen and oxygen atoms in total. The summed E-state index contributed by atoms with van der Waals surface area (Å²) in [5.41, 5.74) is 7.89. The topological polar surface area (TPSA) is 263 Å². The molecule has 25 heteroatoms. The SMILES string of the molecule is CC(C)(C)OC(=O)N(Cc1ccc(/C(Cl)=N/O)cc1)C1CCOCC1.CC(C)(C)OC(=O)N(Cc1ccc(/C=N/O)cc1)C1CCOCC1.CCOC(OCC)c1ccc(C=O)cc1.CCOC(OCC)c1ccc(CCC2CCOCC2)cc1.CCOC(OCC)c1ccc(CN(C(=O)OC(C)(C)C)C2CCOCC2)cc1. The van der Waals surface area contributed by atoms with Gasteiger partial charge >= 0.3 is 18.3 Å². The highest BCUT2D eigenvalue weighted by molar-refractivity contribution is 6.69. The number of carbonyl (C=O) groups excluding carboxylic acids is 4. The summed E-state index contributed by atoms with van der Waals surface area (Å²) in [5.74, 6) is 0.832. The molecular weight excluding hydrogens is 1470 g/mol. The zero-order valence-corrected chi connectivity index (χ0v) is 70.5. The van der Waals surface area contributed by atoms with Crippen molar-refractivity contribution >= 4 is 47.6 Å². The van der Waals surface area contributed by atoms with E-state index in [1.54, 1.807) is 34.1 Å². The van der Waals surface area contributed by atoms with Crippen LogP contribution in [0.1, 0.15) is 241 Å². The average molecular weight is 1600 g/mol. The number of benzene rings is 5. The first-order chi connectivity index (χ1) is 54.2. The van der Waals surface area contributed by atoms with E-state index < -0.39 is 16.8 Å². The third kappa shape index (κ3) is 37.3. The standard InChI is InChI=1S/C22H35NO5.C18H25ClN2O4.C18H26N2O4.C18H28O3.C12H16O3/c1-6-26-20(27-7-2)18-10-8-17(9-11-18)16-23(19-12-14-25-15-13-19)21(24)28-22(3,4)5;1-18(2,3)25-17(22)21(15-8-10-24-11-9-15)12-13-4-6-14(7-5-13)16(19)20-23;1-18(2,3)24-17(21)20(16-8-10-23-11-9-16)13-15-6-4-14(5-7-15)12-19-22;1-3-20-18(21-4-2)17-9-7-15(8-10-17)5-6-16-11-13-19-14-12-16;1-3-14-12(15-4-2)11-7-5-10(9-13)6-8-11/h8-11,19-20H,6-7,12-16H2,1-5H3;4-7,15,23H,8-12H2,1-3H3;4-7,12,16,22H,8-11,13H2,1-3H3;7-10,16,18H,3-6,11-14H2,1-2H3;5-9,12H,3-4H2,1-2H3/b;20-16-;19-12+;;. The minimum absolute atomic E-state index is 0.0278. The zero-order chi connectivity index (χ0) is 82.6. The molecule has 5 aromatic rings. The van der Waals surface area contributed by atoms with Crippen LogP contribution in [0.4, 0.5) is 14.4 Å². The van der Waals surface area contributed by atoms with Gasteiger partial charge in [-0.3, -0.25) is 4.79 Å². The van der Waals surface area contributed by atoms with Gasteiger partial charge in [-0.2, -0.15) is 0 Å². The van der Waals surface area contributed by atoms with Crippen molar-refractivity contribution in [3.63, 3.8) is 0 Å². The highest BCUT2D eigenvalue weighted by atomic mass is 35.5. The fourth-order valence-corrected chi connectivity index (χ4v) is 12.7. The summed E-state index contributed by atoms with van der Waals surface area (Å²) in [5, 5.41) is 23.3. The number of hydrogen-bond donors (Lipinski definition) is 2. The van der Waals surface area contributed by atoms with Crippen LogP contribution in [-0.4, -0.2) is 188 Å². The van der Waals surface area contributed by atoms with Crippen LogP contribution in [0.5, 0.6) is 0 Å². The van der Waals surface area contributed by atoms with Crippen LogP contribution in [0.2, 0.25) is 0 Å². The third-order valence-electron chi connectivity index (χ3n) is 18.2. The van der Waals surface area contributed by atoms with Gasteiger partial charge in [0, 0.05) is 158 Å². The van der Waals surface area contributed by atoms with Gasteiger partial charge in [0.2, 0.25) is 0 Å². The lowest BCUT2D eigenvalue weighted by molar-refractivity contribution is -0.140. The summed E-state index contributed by atoms with van der Waals surface area (Å²) >= 11 is 5.80. The minimum atomic E-state index is -0.546. The smallest absolute Gasteiger partial charge is 0.410 e. The molecule has 0 saturated carbocycles. The first kappa shape index (κ1) is 96.0. The van der Waals surface area contributed by atoms with E-state index >= 15 is 0 Å². The second-order valence-electron chi connectivity index (χ2n) is 30.5. The quantitative estimate of drug-likeness (QED) is 0.0108. The Morgan fingerprint density at radius 1 is 0.425 bits per heavy atom. The summed E-state index contributed by atoms with van der Waals surface area (Å²) in [7, 11) is 0. The molecule has 0 unspecified atom stereocenters. The summed E-state index contributed by atoms with van der Waals surface area (Å²) in [4.78, 5) is 54.0. The van der Waals surface area contributed by atoms with Crippen LogP contribution < -0.4 is 0 Å². The van der Waals surface area contributed by atoms with Gasteiger partial charge < -0.3 is 86.7 Å². The highest BCUT2D eigenvalue weighted by Crippen LogP contribution is 2.29. The predicted octanol–water partition coefficient (Wildman–Crippen LogP) is 18.8. The monoisotopic (exact) mass is 1600 g/mol. The Bertz CT molecular complexity index is 3470. The molecule has 4 heterocycles. The number of amides is 3. The summed E-state index contributed by atoms with van der Waals surface area (Å²) in [6, 6.07) is 39.1. The molecule has 0 atom stereocenters. The molecule has 2 N–H and O–H groups in total. The average Bonchev–Trinajstić information content (AvgIpc) is 0.877. The van der Waals surface area contributed by atoms with Gasteiger partial charge in [-0.25, -0.2) is 14.4 Å². The fraction of sp³-hybridized carbons (Fsp3) is 0.591. The Morgan fingerprint density at radius 3 is 0.982 bits per heavy atom. The molecule has 4 fully saturated rings. The second kappa shape index (κ2) is 52.1. The number of aryl methyl sites for hydroxylation is 1. The molecule has 0 aliphatic carbocycles. The first-order valence-corrected chi connectivity index (χ1v) is 40.5. The number of aldehydes is 1. The minimum Gasteiger partial charge on any atom is -0.444 e. The van der Waals surface area contributed by atoms with Gasteiger partial charge in [-0.15, -0.1) is 0 Å². The first-order valence-electron chi connectivity index (χ1n) is 40.1. The molecule has 0 radical (unpaired) electrons. The lowest BCUT2D eigenvalue weighted by Crippen LogP contribution is -2.45. The normalized spacial score (nSPS) is 15.5. The van der Waals surface area contributed by atoms with Crippen molar-refractivity contribution in [2.24, 2.45) is 16.2 Å². The van der Waals surface area contributed by atoms with Crippen LogP contribution in [0.3, 0.4) is 0 Å². The number of ether oxygens (including phenoxy) is 13. The van der Waals surface area contributed by atoms with Crippen molar-refractivity contribution in [1.82, 2.24) is 14.7 Å². The molecule has 4 aliphatic heterocycles. The maximum Gasteiger partial charge on any atom is 0.410 e. The Labute approximate surface area is 677 Å². The molecule has 113 heavy (non-hydrogen) atoms. The summed E-state index contributed by atoms with van der Waals surface area (Å²) in [6.45, 7) is 39.6. The van der Waals surface area contributed by atoms with E-state index in [1.165, 1.54) is 31.0 Å². The predicted molar refractivity (Wildman–Crippen MR) is 438 cm³/mol. The third-order valence-corrected chi connectivity index (χ3v) is 18.5. The van der Waals surface area contributed by atoms with Gasteiger partial charge in [0.15, 0.2) is 24.0 Å². The summed E-state index contributed by atoms with van der Waals surface area (Å²) in [6.07, 6.45) is 10.1. The Balaban J connectivity index is 0.000000255. The van der Waals surface area contributed by atoms with E-state index in [2.05, 4.69) is 34.6 Å². The van der Waals surface area contributed by atoms with Crippen LogP contribution in [-0.2, 0) is 87.6 Å². The molecule has 9 rings (SSSR count). The molecule has 0 aromatic heterocycles. The number of oxime groups is 2. The summed E-state index contributed by atoms with van der Waals surface area (Å²) < 4.78 is 71.9. The maximum absolute atomic E-state index is 12.8. The largest absolute Gasteiger partial charge is 0.444 e. The van der Waals surface area contributed by atoms with Crippen molar-refractivity contribution in [1.29, 1.82) is 0 Å². The fourth-order valence-electron chi connectivity index (χ4n) is 12.5. The Kier molecular flexibility index (Phi) is 44.2. The Morgan fingerprint density at radius 2 is 0.699 bits per heavy atom. The van der Waals surface area contributed by atoms with Crippen LogP contribution >= 0.6 is 11.6 Å². The van der Waals surface area contributed by atoms with Gasteiger partial charge in [-0.1, -0.05) is 143 Å². The Hall–Kier alpha value is -7.59. The zero-order valence-electron chi connectivity index (χ0n) is 69.8. The number of rotatable bonds is 30. The highest BCUT2D eigenvalue weighted by Gasteiger charge is 2.34. The van der Waals surface area contributed by atoms with Crippen LogP contribution in [0.15, 0.2) is 132 Å². The van der Waals surface area contributed by atoms with Gasteiger partial charge in [-0.05, 0) is 202 Å². The molecule has 3 amide bonds. The molecule has 5 aromatic carbocycles. The molecular formula is C88H130ClN5O19. The molecule has 4 saturated heterocycles. The van der Waals surface area contributed by atoms with Crippen LogP contribution in [0.25, 0.3) is 0 Å². The van der Waals surface area contributed by atoms with E-state index in [-0.39, 0.29) is 60.4 Å². The van der Waals surface area contributed by atoms with Gasteiger partial charge in [0.25, 0.3) is 0 Å². The second-order valence-corrected chi connectivity index (χ2v) is 30.9. The number of halogens is 1. The number of hydrogen-bond acceptors (Lipinski definition) is 21. The molecule has 4 aliphatic rings. The van der Waals surface area contributed by atoms with E-state index in [4.69, 9.17) is 83.6 Å². The van der Waals surface area contributed by atoms with Crippen molar-refractivity contribution in [2.75, 3.05) is 92.5 Å². The van der Waals surface area contributed by atoms with Crippen molar-refractivity contribution in [2.45, 2.75) is 241 Å². The maximum atomic E-state index is 12.8. The van der Waals surface area contributed by atoms with Crippen molar-refractivity contribution < 1.29 is 91.2 Å². The van der Waals surface area contributed by atoms with Gasteiger partial charge in [0.1, 0.15) is 23.1 Å². The molecule has 628 valence electrons. The lowest BCUT2D eigenvalue weighted by Gasteiger charge is -2.35. The molecule has 0 spiro atoms. The van der Waals surface area contributed by atoms with Crippen molar-refractivity contribution in [3.8, 4) is 0 Å². The van der Waals surface area contributed by atoms with E-state index in [9.17, 15) is 19.2 Å². The van der Waals surface area contributed by atoms with E-state index in [0.717, 1.165) is 109 Å².